The molecule has 9 heteroatoms. The van der Waals surface area contributed by atoms with Crippen LogP contribution < -0.4 is 22.5 Å². The lowest BCUT2D eigenvalue weighted by Gasteiger charge is -2.12. The molecule has 3 aromatic rings. The Hall–Kier alpha value is -3.93. The summed E-state index contributed by atoms with van der Waals surface area (Å²) in [6, 6.07) is 16.1. The van der Waals surface area contributed by atoms with Crippen molar-refractivity contribution in [2.45, 2.75) is 13.1 Å². The molecule has 2 aromatic carbocycles. The van der Waals surface area contributed by atoms with Gasteiger partial charge in [-0.25, -0.2) is 4.98 Å². The number of halogens is 3. The van der Waals surface area contributed by atoms with Crippen LogP contribution in [0.3, 0.4) is 0 Å². The Kier molecular flexibility index (Phi) is 6.51. The fourth-order valence-corrected chi connectivity index (χ4v) is 2.35. The zero-order valence-corrected chi connectivity index (χ0v) is 15.5. The quantitative estimate of drug-likeness (QED) is 0.471. The number of nitrogens with two attached hydrogens (primary N) is 3. The molecule has 0 saturated carbocycles. The molecule has 0 spiro atoms. The number of pyridine rings is 1. The molecule has 1 heterocycles. The predicted octanol–water partition coefficient (Wildman–Crippen LogP) is 4.46. The van der Waals surface area contributed by atoms with Gasteiger partial charge in [-0.3, -0.25) is 0 Å². The van der Waals surface area contributed by atoms with E-state index >= 15 is 0 Å². The highest BCUT2D eigenvalue weighted by Gasteiger charge is 2.30. The zero-order chi connectivity index (χ0) is 21.6. The van der Waals surface area contributed by atoms with Crippen molar-refractivity contribution in [3.05, 3.63) is 71.3 Å². The first-order valence-corrected chi connectivity index (χ1v) is 8.34. The Balaban J connectivity index is 0.000000234. The van der Waals surface area contributed by atoms with Crippen molar-refractivity contribution in [3.8, 4) is 6.07 Å². The molecule has 0 bridgehead atoms. The number of para-hydroxylation sites is 1. The molecule has 0 atom stereocenters. The van der Waals surface area contributed by atoms with E-state index in [2.05, 4.69) is 10.3 Å². The Bertz CT molecular complexity index is 1030. The van der Waals surface area contributed by atoms with Crippen molar-refractivity contribution in [2.24, 2.45) is 0 Å². The topological polar surface area (TPSA) is 127 Å². The summed E-state index contributed by atoms with van der Waals surface area (Å²) in [5, 5.41) is 12.0. The van der Waals surface area contributed by atoms with E-state index in [0.717, 1.165) is 17.8 Å². The number of hydrogen-bond donors (Lipinski definition) is 4. The van der Waals surface area contributed by atoms with Crippen LogP contribution in [0.15, 0.2) is 54.6 Å². The number of anilines is 5. The van der Waals surface area contributed by atoms with Gasteiger partial charge in [0.05, 0.1) is 16.8 Å². The number of benzene rings is 2. The van der Waals surface area contributed by atoms with Crippen LogP contribution in [-0.2, 0) is 6.18 Å². The second-order valence-electron chi connectivity index (χ2n) is 5.99. The largest absolute Gasteiger partial charge is 0.416 e. The molecule has 29 heavy (non-hydrogen) atoms. The molecule has 0 unspecified atom stereocenters. The van der Waals surface area contributed by atoms with Crippen LogP contribution in [-0.4, -0.2) is 4.98 Å². The van der Waals surface area contributed by atoms with E-state index in [-0.39, 0.29) is 11.5 Å². The molecule has 0 aliphatic carbocycles. The predicted molar refractivity (Wildman–Crippen MR) is 108 cm³/mol. The molecule has 7 N–H and O–H groups in total. The van der Waals surface area contributed by atoms with Crippen molar-refractivity contribution < 1.29 is 13.2 Å². The third-order valence-corrected chi connectivity index (χ3v) is 3.88. The number of hydrogen-bond acceptors (Lipinski definition) is 6. The van der Waals surface area contributed by atoms with E-state index in [1.807, 2.05) is 36.4 Å². The van der Waals surface area contributed by atoms with Gasteiger partial charge in [0.25, 0.3) is 0 Å². The standard InChI is InChI=1S/C13H13N5.C7H6F3N/c1-8-10(7-14)12(16)18-13(11(8)15)17-9-5-3-2-4-6-9;8-7(9,10)5-2-1-3-6(11)4-5/h2-6H,15H2,1H3,(H3,16,17,18);1-4H,11H2. The van der Waals surface area contributed by atoms with Crippen molar-refractivity contribution >= 4 is 28.7 Å². The van der Waals surface area contributed by atoms with Gasteiger partial charge in [-0.1, -0.05) is 24.3 Å². The van der Waals surface area contributed by atoms with Crippen LogP contribution in [0.2, 0.25) is 0 Å². The molecule has 0 amide bonds. The normalized spacial score (nSPS) is 10.4. The van der Waals surface area contributed by atoms with E-state index < -0.39 is 11.7 Å². The Morgan fingerprint density at radius 1 is 1.00 bits per heavy atom. The number of alkyl halides is 3. The number of aromatic nitrogens is 1. The molecular weight excluding hydrogens is 381 g/mol. The smallest absolute Gasteiger partial charge is 0.399 e. The van der Waals surface area contributed by atoms with Gasteiger partial charge in [-0.2, -0.15) is 18.4 Å². The van der Waals surface area contributed by atoms with E-state index in [1.165, 1.54) is 12.1 Å². The van der Waals surface area contributed by atoms with Crippen molar-refractivity contribution in [2.75, 3.05) is 22.5 Å². The van der Waals surface area contributed by atoms with Crippen LogP contribution in [0.1, 0.15) is 16.7 Å². The first kappa shape index (κ1) is 21.4. The third-order valence-electron chi connectivity index (χ3n) is 3.88. The van der Waals surface area contributed by atoms with Crippen LogP contribution >= 0.6 is 0 Å². The van der Waals surface area contributed by atoms with E-state index in [1.54, 1.807) is 6.92 Å². The average Bonchev–Trinajstić information content (AvgIpc) is 2.67. The van der Waals surface area contributed by atoms with Gasteiger partial charge in [0.2, 0.25) is 0 Å². The van der Waals surface area contributed by atoms with Crippen LogP contribution in [0.4, 0.5) is 41.9 Å². The molecule has 0 radical (unpaired) electrons. The Morgan fingerprint density at radius 2 is 1.66 bits per heavy atom. The molecule has 0 aliphatic rings. The van der Waals surface area contributed by atoms with Gasteiger partial charge in [-0.05, 0) is 42.8 Å². The number of nitrogen functional groups attached to an aromatic ring is 3. The van der Waals surface area contributed by atoms with Gasteiger partial charge in [-0.15, -0.1) is 0 Å². The van der Waals surface area contributed by atoms with Gasteiger partial charge in [0.15, 0.2) is 5.82 Å². The Labute approximate surface area is 165 Å². The zero-order valence-electron chi connectivity index (χ0n) is 15.5. The first-order chi connectivity index (χ1) is 13.6. The molecule has 3 rings (SSSR count). The first-order valence-electron chi connectivity index (χ1n) is 8.34. The number of nitrogens with zero attached hydrogens (tertiary/aromatic N) is 2. The highest BCUT2D eigenvalue weighted by Crippen LogP contribution is 2.30. The van der Waals surface area contributed by atoms with Crippen LogP contribution in [0.25, 0.3) is 0 Å². The van der Waals surface area contributed by atoms with Gasteiger partial charge < -0.3 is 22.5 Å². The summed E-state index contributed by atoms with van der Waals surface area (Å²) in [7, 11) is 0. The monoisotopic (exact) mass is 400 g/mol. The summed E-state index contributed by atoms with van der Waals surface area (Å²) in [6.45, 7) is 1.75. The summed E-state index contributed by atoms with van der Waals surface area (Å²) in [5.74, 6) is 0.651. The van der Waals surface area contributed by atoms with Crippen LogP contribution in [0.5, 0.6) is 0 Å². The number of nitrogens with one attached hydrogen (secondary N) is 1. The second kappa shape index (κ2) is 8.84. The molecule has 0 fully saturated rings. The minimum atomic E-state index is -4.30. The molecule has 0 aliphatic heterocycles. The summed E-state index contributed by atoms with van der Waals surface area (Å²) >= 11 is 0. The minimum Gasteiger partial charge on any atom is -0.399 e. The maximum atomic E-state index is 11.9. The van der Waals surface area contributed by atoms with Crippen molar-refractivity contribution in [3.63, 3.8) is 0 Å². The maximum Gasteiger partial charge on any atom is 0.416 e. The van der Waals surface area contributed by atoms with Gasteiger partial charge >= 0.3 is 6.18 Å². The SMILES string of the molecule is Cc1c(N)c(Nc2ccccc2)nc(N)c1C#N.Nc1cccc(C(F)(F)F)c1. The molecule has 150 valence electrons. The number of rotatable bonds is 2. The lowest BCUT2D eigenvalue weighted by atomic mass is 10.1. The van der Waals surface area contributed by atoms with Gasteiger partial charge in [0, 0.05) is 11.4 Å². The maximum absolute atomic E-state index is 11.9. The lowest BCUT2D eigenvalue weighted by Crippen LogP contribution is -2.07. The third kappa shape index (κ3) is 5.52. The van der Waals surface area contributed by atoms with Crippen molar-refractivity contribution in [1.82, 2.24) is 4.98 Å². The van der Waals surface area contributed by atoms with Gasteiger partial charge in [0.1, 0.15) is 11.9 Å². The molecule has 0 saturated heterocycles. The summed E-state index contributed by atoms with van der Waals surface area (Å²) in [4.78, 5) is 4.12. The highest BCUT2D eigenvalue weighted by molar-refractivity contribution is 5.77. The summed E-state index contributed by atoms with van der Waals surface area (Å²) < 4.78 is 35.7. The van der Waals surface area contributed by atoms with E-state index in [4.69, 9.17) is 22.5 Å². The van der Waals surface area contributed by atoms with E-state index in [9.17, 15) is 13.2 Å². The summed E-state index contributed by atoms with van der Waals surface area (Å²) in [5.41, 5.74) is 18.5. The molecule has 1 aromatic heterocycles. The van der Waals surface area contributed by atoms with Crippen molar-refractivity contribution in [1.29, 1.82) is 5.26 Å². The number of nitriles is 1. The van der Waals surface area contributed by atoms with E-state index in [0.29, 0.717) is 22.6 Å². The van der Waals surface area contributed by atoms with Crippen LogP contribution in [0, 0.1) is 18.3 Å². The highest BCUT2D eigenvalue weighted by atomic mass is 19.4. The Morgan fingerprint density at radius 3 is 2.17 bits per heavy atom. The fourth-order valence-electron chi connectivity index (χ4n) is 2.35. The molecular formula is C20H19F3N6. The lowest BCUT2D eigenvalue weighted by molar-refractivity contribution is -0.137. The fraction of sp³-hybridized carbons (Fsp3) is 0.100. The molecule has 6 nitrogen and oxygen atoms in total. The average molecular weight is 400 g/mol. The summed E-state index contributed by atoms with van der Waals surface area (Å²) in [6.07, 6.45) is -4.30. The minimum absolute atomic E-state index is 0.125. The second-order valence-corrected chi connectivity index (χ2v) is 5.99.